The second kappa shape index (κ2) is 5.43. The molecule has 2 rings (SSSR count). The summed E-state index contributed by atoms with van der Waals surface area (Å²) in [7, 11) is 3.32. The topological polar surface area (TPSA) is 82.2 Å². The van der Waals surface area contributed by atoms with Crippen LogP contribution in [0.1, 0.15) is 16.1 Å². The van der Waals surface area contributed by atoms with Gasteiger partial charge in [0.15, 0.2) is 5.69 Å². The molecule has 0 aliphatic rings. The van der Waals surface area contributed by atoms with Crippen molar-refractivity contribution in [3.63, 3.8) is 0 Å². The zero-order valence-corrected chi connectivity index (χ0v) is 10.9. The summed E-state index contributed by atoms with van der Waals surface area (Å²) in [4.78, 5) is 11.9. The van der Waals surface area contributed by atoms with Crippen LogP contribution in [0.5, 0.6) is 5.75 Å². The SMILES string of the molecule is COc1cccc(CNC(=O)c2nn(C)cc2N)c1. The summed E-state index contributed by atoms with van der Waals surface area (Å²) < 4.78 is 6.63. The molecule has 1 heterocycles. The molecule has 0 saturated carbocycles. The van der Waals surface area contributed by atoms with Crippen molar-refractivity contribution in [1.29, 1.82) is 0 Å². The Morgan fingerprint density at radius 2 is 2.32 bits per heavy atom. The molecule has 0 atom stereocenters. The van der Waals surface area contributed by atoms with E-state index in [9.17, 15) is 4.79 Å². The maximum atomic E-state index is 11.9. The van der Waals surface area contributed by atoms with Gasteiger partial charge in [-0.1, -0.05) is 12.1 Å². The fourth-order valence-electron chi connectivity index (χ4n) is 1.73. The van der Waals surface area contributed by atoms with E-state index in [1.54, 1.807) is 20.4 Å². The fraction of sp³-hybridized carbons (Fsp3) is 0.231. The number of anilines is 1. The van der Waals surface area contributed by atoms with E-state index in [0.29, 0.717) is 12.2 Å². The molecule has 0 aliphatic carbocycles. The van der Waals surface area contributed by atoms with Gasteiger partial charge in [0, 0.05) is 19.8 Å². The molecule has 1 amide bonds. The third kappa shape index (κ3) is 3.04. The smallest absolute Gasteiger partial charge is 0.274 e. The van der Waals surface area contributed by atoms with Crippen LogP contribution in [0.15, 0.2) is 30.5 Å². The Morgan fingerprint density at radius 1 is 1.53 bits per heavy atom. The van der Waals surface area contributed by atoms with Gasteiger partial charge in [-0.05, 0) is 17.7 Å². The van der Waals surface area contributed by atoms with Gasteiger partial charge in [0.1, 0.15) is 5.75 Å². The van der Waals surface area contributed by atoms with E-state index in [-0.39, 0.29) is 11.6 Å². The second-order valence-electron chi connectivity index (χ2n) is 4.14. The molecule has 2 aromatic rings. The van der Waals surface area contributed by atoms with Gasteiger partial charge in [-0.15, -0.1) is 0 Å². The molecule has 1 aromatic heterocycles. The van der Waals surface area contributed by atoms with Crippen LogP contribution in [0.4, 0.5) is 5.69 Å². The fourth-order valence-corrected chi connectivity index (χ4v) is 1.73. The molecule has 3 N–H and O–H groups in total. The number of methoxy groups -OCH3 is 1. The Hall–Kier alpha value is -2.50. The number of carbonyl (C=O) groups is 1. The Kier molecular flexibility index (Phi) is 3.70. The van der Waals surface area contributed by atoms with Crippen LogP contribution >= 0.6 is 0 Å². The highest BCUT2D eigenvalue weighted by atomic mass is 16.5. The Morgan fingerprint density at radius 3 is 2.95 bits per heavy atom. The Balaban J connectivity index is 2.02. The summed E-state index contributed by atoms with van der Waals surface area (Å²) in [6.45, 7) is 0.395. The highest BCUT2D eigenvalue weighted by molar-refractivity contribution is 5.96. The van der Waals surface area contributed by atoms with E-state index in [2.05, 4.69) is 10.4 Å². The summed E-state index contributed by atoms with van der Waals surface area (Å²) in [5.41, 5.74) is 7.25. The molecule has 0 aliphatic heterocycles. The lowest BCUT2D eigenvalue weighted by atomic mass is 10.2. The normalized spacial score (nSPS) is 10.2. The molecule has 0 spiro atoms. The maximum Gasteiger partial charge on any atom is 0.274 e. The minimum absolute atomic E-state index is 0.241. The molecule has 19 heavy (non-hydrogen) atoms. The number of hydrogen-bond acceptors (Lipinski definition) is 4. The van der Waals surface area contributed by atoms with Crippen LogP contribution in [0.3, 0.4) is 0 Å². The van der Waals surface area contributed by atoms with Gasteiger partial charge >= 0.3 is 0 Å². The predicted molar refractivity (Wildman–Crippen MR) is 71.8 cm³/mol. The summed E-state index contributed by atoms with van der Waals surface area (Å²) in [6.07, 6.45) is 1.60. The van der Waals surface area contributed by atoms with Crippen molar-refractivity contribution in [2.75, 3.05) is 12.8 Å². The van der Waals surface area contributed by atoms with Crippen LogP contribution < -0.4 is 15.8 Å². The first-order valence-corrected chi connectivity index (χ1v) is 5.80. The number of aromatic nitrogens is 2. The van der Waals surface area contributed by atoms with E-state index in [0.717, 1.165) is 11.3 Å². The molecule has 6 nitrogen and oxygen atoms in total. The van der Waals surface area contributed by atoms with Crippen LogP contribution in [-0.4, -0.2) is 22.8 Å². The van der Waals surface area contributed by atoms with Crippen molar-refractivity contribution in [1.82, 2.24) is 15.1 Å². The van der Waals surface area contributed by atoms with Gasteiger partial charge in [-0.25, -0.2) is 0 Å². The summed E-state index contributed by atoms with van der Waals surface area (Å²) in [5, 5.41) is 6.78. The number of rotatable bonds is 4. The summed E-state index contributed by atoms with van der Waals surface area (Å²) >= 11 is 0. The highest BCUT2D eigenvalue weighted by Crippen LogP contribution is 2.13. The number of hydrogen-bond donors (Lipinski definition) is 2. The van der Waals surface area contributed by atoms with Crippen LogP contribution in [-0.2, 0) is 13.6 Å². The third-order valence-corrected chi connectivity index (χ3v) is 2.66. The summed E-state index contributed by atoms with van der Waals surface area (Å²) in [6, 6.07) is 7.49. The molecular formula is C13H16N4O2. The molecule has 0 radical (unpaired) electrons. The number of nitrogens with zero attached hydrogens (tertiary/aromatic N) is 2. The lowest BCUT2D eigenvalue weighted by molar-refractivity contribution is 0.0946. The number of nitrogen functional groups attached to an aromatic ring is 1. The summed E-state index contributed by atoms with van der Waals surface area (Å²) in [5.74, 6) is 0.463. The monoisotopic (exact) mass is 260 g/mol. The average molecular weight is 260 g/mol. The lowest BCUT2D eigenvalue weighted by Gasteiger charge is -2.06. The first-order valence-electron chi connectivity index (χ1n) is 5.80. The second-order valence-corrected chi connectivity index (χ2v) is 4.14. The predicted octanol–water partition coefficient (Wildman–Crippen LogP) is 0.941. The number of nitrogens with one attached hydrogen (secondary N) is 1. The highest BCUT2D eigenvalue weighted by Gasteiger charge is 2.13. The molecule has 0 saturated heterocycles. The largest absolute Gasteiger partial charge is 0.497 e. The molecule has 100 valence electrons. The van der Waals surface area contributed by atoms with E-state index in [4.69, 9.17) is 10.5 Å². The number of nitrogens with two attached hydrogens (primary N) is 1. The van der Waals surface area contributed by atoms with Crippen molar-refractivity contribution >= 4 is 11.6 Å². The van der Waals surface area contributed by atoms with Crippen molar-refractivity contribution in [2.45, 2.75) is 6.54 Å². The molecular weight excluding hydrogens is 244 g/mol. The van der Waals surface area contributed by atoms with Crippen molar-refractivity contribution in [3.05, 3.63) is 41.7 Å². The number of amides is 1. The minimum Gasteiger partial charge on any atom is -0.497 e. The van der Waals surface area contributed by atoms with Gasteiger partial charge < -0.3 is 15.8 Å². The van der Waals surface area contributed by atoms with E-state index >= 15 is 0 Å². The molecule has 0 bridgehead atoms. The number of aryl methyl sites for hydroxylation is 1. The van der Waals surface area contributed by atoms with Crippen LogP contribution in [0, 0.1) is 0 Å². The van der Waals surface area contributed by atoms with Crippen LogP contribution in [0.25, 0.3) is 0 Å². The number of benzene rings is 1. The minimum atomic E-state index is -0.291. The van der Waals surface area contributed by atoms with Gasteiger partial charge in [0.2, 0.25) is 0 Å². The number of carbonyl (C=O) groups excluding carboxylic acids is 1. The first-order chi connectivity index (χ1) is 9.10. The van der Waals surface area contributed by atoms with Gasteiger partial charge in [0.05, 0.1) is 12.8 Å². The van der Waals surface area contributed by atoms with Crippen LogP contribution in [0.2, 0.25) is 0 Å². The van der Waals surface area contributed by atoms with Crippen molar-refractivity contribution in [3.8, 4) is 5.75 Å². The molecule has 0 fully saturated rings. The van der Waals surface area contributed by atoms with Gasteiger partial charge in [0.25, 0.3) is 5.91 Å². The maximum absolute atomic E-state index is 11.9. The standard InChI is InChI=1S/C13H16N4O2/c1-17-8-11(14)12(16-17)13(18)15-7-9-4-3-5-10(6-9)19-2/h3-6,8H,7,14H2,1-2H3,(H,15,18). The van der Waals surface area contributed by atoms with Gasteiger partial charge in [-0.3, -0.25) is 9.48 Å². The van der Waals surface area contributed by atoms with E-state index < -0.39 is 0 Å². The lowest BCUT2D eigenvalue weighted by Crippen LogP contribution is -2.24. The third-order valence-electron chi connectivity index (χ3n) is 2.66. The molecule has 6 heteroatoms. The Labute approximate surface area is 111 Å². The first kappa shape index (κ1) is 12.9. The molecule has 0 unspecified atom stereocenters. The number of ether oxygens (including phenoxy) is 1. The van der Waals surface area contributed by atoms with E-state index in [1.165, 1.54) is 4.68 Å². The zero-order chi connectivity index (χ0) is 13.8. The van der Waals surface area contributed by atoms with E-state index in [1.807, 2.05) is 24.3 Å². The molecule has 1 aromatic carbocycles. The zero-order valence-electron chi connectivity index (χ0n) is 10.9. The Bertz CT molecular complexity index is 592. The quantitative estimate of drug-likeness (QED) is 0.857. The van der Waals surface area contributed by atoms with Gasteiger partial charge in [-0.2, -0.15) is 5.10 Å². The van der Waals surface area contributed by atoms with Crippen molar-refractivity contribution < 1.29 is 9.53 Å². The van der Waals surface area contributed by atoms with Crippen molar-refractivity contribution in [2.24, 2.45) is 7.05 Å². The average Bonchev–Trinajstić information content (AvgIpc) is 2.75.